The van der Waals surface area contributed by atoms with Crippen LogP contribution in [0.15, 0.2) is 12.1 Å². The summed E-state index contributed by atoms with van der Waals surface area (Å²) < 4.78 is 11.1. The molecule has 1 aromatic carbocycles. The zero-order chi connectivity index (χ0) is 15.0. The lowest BCUT2D eigenvalue weighted by atomic mass is 10.1. The Hall–Kier alpha value is -2.41. The molecule has 0 saturated heterocycles. The number of aromatic amines is 1. The van der Waals surface area contributed by atoms with Crippen molar-refractivity contribution < 1.29 is 24.5 Å². The minimum atomic E-state index is -1.15. The average molecular weight is 311 g/mol. The number of phenols is 1. The Balaban J connectivity index is 2.19. The molecule has 2 aromatic rings. The first-order valence-electron chi connectivity index (χ1n) is 6.18. The highest BCUT2D eigenvalue weighted by Crippen LogP contribution is 2.48. The van der Waals surface area contributed by atoms with Crippen LogP contribution < -0.4 is 9.47 Å². The number of hydrogen-bond donors (Lipinski definition) is 3. The summed E-state index contributed by atoms with van der Waals surface area (Å²) >= 11 is 5.98. The molecule has 1 aliphatic rings. The first-order valence-corrected chi connectivity index (χ1v) is 6.56. The SMILES string of the molecule is O=C(O)c1cc(-c2c(O)c(Cl)cc3c2OCCCO3)n[nH]1. The molecule has 0 spiro atoms. The quantitative estimate of drug-likeness (QED) is 0.786. The Labute approximate surface area is 124 Å². The van der Waals surface area contributed by atoms with Gasteiger partial charge in [-0.15, -0.1) is 0 Å². The molecule has 1 aliphatic heterocycles. The molecule has 7 nitrogen and oxygen atoms in total. The Morgan fingerprint density at radius 3 is 2.81 bits per heavy atom. The van der Waals surface area contributed by atoms with Crippen LogP contribution in [0.25, 0.3) is 11.3 Å². The Morgan fingerprint density at radius 1 is 1.33 bits per heavy atom. The normalized spacial score (nSPS) is 13.8. The van der Waals surface area contributed by atoms with Gasteiger partial charge in [0.15, 0.2) is 11.5 Å². The van der Waals surface area contributed by atoms with Gasteiger partial charge in [0.25, 0.3) is 0 Å². The number of aromatic hydroxyl groups is 1. The predicted octanol–water partition coefficient (Wildman–Crippen LogP) is 2.30. The molecule has 0 atom stereocenters. The van der Waals surface area contributed by atoms with E-state index in [2.05, 4.69) is 10.2 Å². The third-order valence-electron chi connectivity index (χ3n) is 3.03. The zero-order valence-corrected chi connectivity index (χ0v) is 11.5. The van der Waals surface area contributed by atoms with E-state index < -0.39 is 5.97 Å². The number of aromatic carboxylic acids is 1. The van der Waals surface area contributed by atoms with Crippen molar-refractivity contribution in [3.05, 3.63) is 22.8 Å². The van der Waals surface area contributed by atoms with Crippen LogP contribution in [0.5, 0.6) is 17.2 Å². The van der Waals surface area contributed by atoms with Crippen LogP contribution in [0.4, 0.5) is 0 Å². The number of nitrogens with zero attached hydrogens (tertiary/aromatic N) is 1. The number of fused-ring (bicyclic) bond motifs is 1. The minimum absolute atomic E-state index is 0.0779. The molecule has 0 amide bonds. The van der Waals surface area contributed by atoms with E-state index in [1.807, 2.05) is 0 Å². The number of carboxylic acid groups (broad SMARTS) is 1. The van der Waals surface area contributed by atoms with Crippen molar-refractivity contribution in [1.29, 1.82) is 0 Å². The molecule has 21 heavy (non-hydrogen) atoms. The van der Waals surface area contributed by atoms with Crippen molar-refractivity contribution >= 4 is 17.6 Å². The molecule has 0 saturated carbocycles. The molecule has 0 bridgehead atoms. The summed E-state index contributed by atoms with van der Waals surface area (Å²) in [6, 6.07) is 2.76. The summed E-state index contributed by atoms with van der Waals surface area (Å²) in [4.78, 5) is 10.9. The van der Waals surface area contributed by atoms with E-state index in [0.717, 1.165) is 0 Å². The summed E-state index contributed by atoms with van der Waals surface area (Å²) in [7, 11) is 0. The van der Waals surface area contributed by atoms with Gasteiger partial charge in [-0.3, -0.25) is 5.10 Å². The van der Waals surface area contributed by atoms with Gasteiger partial charge in [-0.25, -0.2) is 4.79 Å². The number of hydrogen-bond acceptors (Lipinski definition) is 5. The maximum Gasteiger partial charge on any atom is 0.353 e. The van der Waals surface area contributed by atoms with Crippen molar-refractivity contribution in [3.63, 3.8) is 0 Å². The lowest BCUT2D eigenvalue weighted by Gasteiger charge is -2.13. The van der Waals surface area contributed by atoms with E-state index in [1.54, 1.807) is 0 Å². The maximum absolute atomic E-state index is 10.9. The number of carboxylic acids is 1. The third-order valence-corrected chi connectivity index (χ3v) is 3.32. The monoisotopic (exact) mass is 310 g/mol. The summed E-state index contributed by atoms with van der Waals surface area (Å²) in [5.74, 6) is -0.689. The minimum Gasteiger partial charge on any atom is -0.506 e. The van der Waals surface area contributed by atoms with E-state index in [9.17, 15) is 9.90 Å². The van der Waals surface area contributed by atoms with Crippen molar-refractivity contribution in [3.8, 4) is 28.5 Å². The van der Waals surface area contributed by atoms with Gasteiger partial charge in [-0.2, -0.15) is 5.10 Å². The van der Waals surface area contributed by atoms with E-state index in [1.165, 1.54) is 12.1 Å². The van der Waals surface area contributed by atoms with Crippen LogP contribution in [0.1, 0.15) is 16.9 Å². The topological polar surface area (TPSA) is 105 Å². The molecule has 0 aliphatic carbocycles. The van der Waals surface area contributed by atoms with E-state index in [-0.39, 0.29) is 27.7 Å². The van der Waals surface area contributed by atoms with Crippen molar-refractivity contribution in [2.24, 2.45) is 0 Å². The summed E-state index contributed by atoms with van der Waals surface area (Å²) in [6.07, 6.45) is 0.688. The Bertz CT molecular complexity index is 713. The van der Waals surface area contributed by atoms with E-state index in [0.29, 0.717) is 31.1 Å². The van der Waals surface area contributed by atoms with Crippen LogP contribution in [0, 0.1) is 0 Å². The number of phenolic OH excluding ortho intramolecular Hbond substituents is 1. The number of rotatable bonds is 2. The van der Waals surface area contributed by atoms with Crippen LogP contribution >= 0.6 is 11.6 Å². The molecule has 1 aromatic heterocycles. The van der Waals surface area contributed by atoms with E-state index >= 15 is 0 Å². The van der Waals surface area contributed by atoms with Crippen LogP contribution in [0.3, 0.4) is 0 Å². The third kappa shape index (κ3) is 2.36. The van der Waals surface area contributed by atoms with Gasteiger partial charge in [0.2, 0.25) is 0 Å². The van der Waals surface area contributed by atoms with Crippen molar-refractivity contribution in [2.45, 2.75) is 6.42 Å². The van der Waals surface area contributed by atoms with Gasteiger partial charge in [0.1, 0.15) is 17.1 Å². The van der Waals surface area contributed by atoms with Gasteiger partial charge < -0.3 is 19.7 Å². The number of H-pyrrole nitrogens is 1. The lowest BCUT2D eigenvalue weighted by molar-refractivity contribution is 0.0690. The molecule has 3 rings (SSSR count). The largest absolute Gasteiger partial charge is 0.506 e. The molecule has 0 radical (unpaired) electrons. The summed E-state index contributed by atoms with van der Waals surface area (Å²) in [5.41, 5.74) is 0.324. The number of aromatic nitrogens is 2. The van der Waals surface area contributed by atoms with Gasteiger partial charge in [0.05, 0.1) is 23.8 Å². The highest BCUT2D eigenvalue weighted by atomic mass is 35.5. The Kier molecular flexibility index (Phi) is 3.34. The number of halogens is 1. The zero-order valence-electron chi connectivity index (χ0n) is 10.7. The van der Waals surface area contributed by atoms with Gasteiger partial charge in [-0.1, -0.05) is 11.6 Å². The Morgan fingerprint density at radius 2 is 2.10 bits per heavy atom. The number of carbonyl (C=O) groups is 1. The highest BCUT2D eigenvalue weighted by molar-refractivity contribution is 6.32. The molecule has 0 unspecified atom stereocenters. The first-order chi connectivity index (χ1) is 10.1. The fourth-order valence-corrected chi connectivity index (χ4v) is 2.26. The molecular weight excluding hydrogens is 300 g/mol. The van der Waals surface area contributed by atoms with E-state index in [4.69, 9.17) is 26.2 Å². The van der Waals surface area contributed by atoms with Gasteiger partial charge >= 0.3 is 5.97 Å². The molecule has 8 heteroatoms. The predicted molar refractivity (Wildman–Crippen MR) is 73.3 cm³/mol. The lowest BCUT2D eigenvalue weighted by Crippen LogP contribution is -1.98. The number of benzene rings is 1. The van der Waals surface area contributed by atoms with Crippen molar-refractivity contribution in [1.82, 2.24) is 10.2 Å². The smallest absolute Gasteiger partial charge is 0.353 e. The second-order valence-electron chi connectivity index (χ2n) is 4.43. The molecule has 3 N–H and O–H groups in total. The fraction of sp³-hybridized carbons (Fsp3) is 0.231. The van der Waals surface area contributed by atoms with Gasteiger partial charge in [0, 0.05) is 12.5 Å². The van der Waals surface area contributed by atoms with Gasteiger partial charge in [-0.05, 0) is 6.07 Å². The molecule has 0 fully saturated rings. The second-order valence-corrected chi connectivity index (χ2v) is 4.84. The maximum atomic E-state index is 10.9. The first kappa shape index (κ1) is 13.6. The highest BCUT2D eigenvalue weighted by Gasteiger charge is 2.25. The molecule has 2 heterocycles. The average Bonchev–Trinajstić information content (AvgIpc) is 2.82. The standard InChI is InChI=1S/C13H11ClN2O5/c14-6-4-9-12(21-3-1-2-20-9)10(11(6)17)7-5-8(13(18)19)16-15-7/h4-5,17H,1-3H2,(H,15,16)(H,18,19). The molecular formula is C13H11ClN2O5. The molecule has 110 valence electrons. The number of ether oxygens (including phenoxy) is 2. The summed E-state index contributed by atoms with van der Waals surface area (Å²) in [6.45, 7) is 0.881. The van der Waals surface area contributed by atoms with Crippen LogP contribution in [-0.4, -0.2) is 39.6 Å². The van der Waals surface area contributed by atoms with Crippen molar-refractivity contribution in [2.75, 3.05) is 13.2 Å². The van der Waals surface area contributed by atoms with Crippen LogP contribution in [-0.2, 0) is 0 Å². The fourth-order valence-electron chi connectivity index (χ4n) is 2.06. The van der Waals surface area contributed by atoms with Crippen LogP contribution in [0.2, 0.25) is 5.02 Å². The summed E-state index contributed by atoms with van der Waals surface area (Å²) in [5, 5.41) is 25.5. The number of nitrogens with one attached hydrogen (secondary N) is 1. The second kappa shape index (κ2) is 5.17.